The van der Waals surface area contributed by atoms with Gasteiger partial charge in [-0.2, -0.15) is 0 Å². The molecule has 0 aliphatic carbocycles. The van der Waals surface area contributed by atoms with Gasteiger partial charge >= 0.3 is 0 Å². The molecular formula is C18H28N2O2. The van der Waals surface area contributed by atoms with Gasteiger partial charge in [-0.25, -0.2) is 0 Å². The number of hydrogen-bond donors (Lipinski definition) is 1. The monoisotopic (exact) mass is 304 g/mol. The fourth-order valence-corrected chi connectivity index (χ4v) is 2.77. The number of hydrogen-bond acceptors (Lipinski definition) is 3. The molecule has 1 fully saturated rings. The van der Waals surface area contributed by atoms with Crippen molar-refractivity contribution in [1.29, 1.82) is 0 Å². The number of unbranched alkanes of at least 4 members (excludes halogenated alkanes) is 1. The summed E-state index contributed by atoms with van der Waals surface area (Å²) in [7, 11) is 0. The molecule has 1 aliphatic heterocycles. The summed E-state index contributed by atoms with van der Waals surface area (Å²) >= 11 is 0. The molecular weight excluding hydrogens is 276 g/mol. The SMILES string of the molecule is CCCCC(=O)NC[C@H](c1ccc(C)cc1)N1CCOCC1. The molecule has 1 aliphatic rings. The molecule has 1 N–H and O–H groups in total. The first-order chi connectivity index (χ1) is 10.7. The van der Waals surface area contributed by atoms with E-state index in [2.05, 4.69) is 48.3 Å². The lowest BCUT2D eigenvalue weighted by molar-refractivity contribution is -0.121. The van der Waals surface area contributed by atoms with Crippen LogP contribution in [-0.4, -0.2) is 43.7 Å². The van der Waals surface area contributed by atoms with Gasteiger partial charge in [0.1, 0.15) is 0 Å². The number of carbonyl (C=O) groups is 1. The van der Waals surface area contributed by atoms with Gasteiger partial charge < -0.3 is 10.1 Å². The van der Waals surface area contributed by atoms with Gasteiger partial charge in [-0.05, 0) is 18.9 Å². The van der Waals surface area contributed by atoms with Gasteiger partial charge in [0.05, 0.1) is 19.3 Å². The van der Waals surface area contributed by atoms with Crippen molar-refractivity contribution in [2.45, 2.75) is 39.2 Å². The summed E-state index contributed by atoms with van der Waals surface area (Å²) in [5.41, 5.74) is 2.53. The zero-order valence-corrected chi connectivity index (χ0v) is 13.8. The van der Waals surface area contributed by atoms with E-state index in [4.69, 9.17) is 4.74 Å². The van der Waals surface area contributed by atoms with Crippen molar-refractivity contribution in [1.82, 2.24) is 10.2 Å². The Kier molecular flexibility index (Phi) is 6.87. The van der Waals surface area contributed by atoms with Gasteiger partial charge in [0, 0.05) is 26.1 Å². The lowest BCUT2D eigenvalue weighted by Gasteiger charge is -2.35. The quantitative estimate of drug-likeness (QED) is 0.842. The van der Waals surface area contributed by atoms with Crippen LogP contribution in [0.1, 0.15) is 43.4 Å². The van der Waals surface area contributed by atoms with Crippen LogP contribution < -0.4 is 5.32 Å². The van der Waals surface area contributed by atoms with Gasteiger partial charge in [0.25, 0.3) is 0 Å². The van der Waals surface area contributed by atoms with Gasteiger partial charge in [-0.3, -0.25) is 9.69 Å². The second-order valence-electron chi connectivity index (χ2n) is 5.98. The number of amides is 1. The van der Waals surface area contributed by atoms with Crippen LogP contribution in [0.5, 0.6) is 0 Å². The predicted molar refractivity (Wildman–Crippen MR) is 88.8 cm³/mol. The molecule has 2 rings (SSSR count). The number of aryl methyl sites for hydroxylation is 1. The minimum atomic E-state index is 0.159. The first-order valence-electron chi connectivity index (χ1n) is 8.35. The highest BCUT2D eigenvalue weighted by Crippen LogP contribution is 2.21. The third-order valence-electron chi connectivity index (χ3n) is 4.20. The Bertz CT molecular complexity index is 453. The topological polar surface area (TPSA) is 41.6 Å². The van der Waals surface area contributed by atoms with Crippen molar-refractivity contribution in [2.75, 3.05) is 32.8 Å². The summed E-state index contributed by atoms with van der Waals surface area (Å²) in [5.74, 6) is 0.159. The Labute approximate surface area is 133 Å². The summed E-state index contributed by atoms with van der Waals surface area (Å²) in [6.07, 6.45) is 2.64. The fourth-order valence-electron chi connectivity index (χ4n) is 2.77. The predicted octanol–water partition coefficient (Wildman–Crippen LogP) is 2.67. The third-order valence-corrected chi connectivity index (χ3v) is 4.20. The Morgan fingerprint density at radius 1 is 1.27 bits per heavy atom. The van der Waals surface area contributed by atoms with Crippen molar-refractivity contribution in [3.8, 4) is 0 Å². The standard InChI is InChI=1S/C18H28N2O2/c1-3-4-5-18(21)19-14-17(20-10-12-22-13-11-20)16-8-6-15(2)7-9-16/h6-9,17H,3-5,10-14H2,1-2H3,(H,19,21)/t17-/m1/s1. The number of carbonyl (C=O) groups excluding carboxylic acids is 1. The molecule has 0 spiro atoms. The van der Waals surface area contributed by atoms with Crippen LogP contribution in [0.25, 0.3) is 0 Å². The maximum Gasteiger partial charge on any atom is 0.220 e. The molecule has 22 heavy (non-hydrogen) atoms. The number of nitrogens with zero attached hydrogens (tertiary/aromatic N) is 1. The number of nitrogens with one attached hydrogen (secondary N) is 1. The molecule has 0 saturated carbocycles. The van der Waals surface area contributed by atoms with Crippen LogP contribution in [0.3, 0.4) is 0 Å². The van der Waals surface area contributed by atoms with Gasteiger partial charge in [0.2, 0.25) is 5.91 Å². The maximum absolute atomic E-state index is 11.9. The number of benzene rings is 1. The highest BCUT2D eigenvalue weighted by Gasteiger charge is 2.23. The van der Waals surface area contributed by atoms with Crippen molar-refractivity contribution in [3.63, 3.8) is 0 Å². The van der Waals surface area contributed by atoms with Crippen LogP contribution in [0.15, 0.2) is 24.3 Å². The maximum atomic E-state index is 11.9. The summed E-state index contributed by atoms with van der Waals surface area (Å²) in [6.45, 7) is 8.26. The van der Waals surface area contributed by atoms with E-state index in [0.29, 0.717) is 13.0 Å². The molecule has 0 unspecified atom stereocenters. The minimum Gasteiger partial charge on any atom is -0.379 e. The average molecular weight is 304 g/mol. The fraction of sp³-hybridized carbons (Fsp3) is 0.611. The van der Waals surface area contributed by atoms with Gasteiger partial charge in [0.15, 0.2) is 0 Å². The van der Waals surface area contributed by atoms with Crippen molar-refractivity contribution < 1.29 is 9.53 Å². The van der Waals surface area contributed by atoms with Crippen LogP contribution in [0.2, 0.25) is 0 Å². The van der Waals surface area contributed by atoms with E-state index in [1.54, 1.807) is 0 Å². The molecule has 1 aromatic carbocycles. The van der Waals surface area contributed by atoms with E-state index >= 15 is 0 Å². The molecule has 0 aromatic heterocycles. The molecule has 4 nitrogen and oxygen atoms in total. The van der Waals surface area contributed by atoms with Gasteiger partial charge in [-0.15, -0.1) is 0 Å². The molecule has 1 heterocycles. The average Bonchev–Trinajstić information content (AvgIpc) is 2.55. The lowest BCUT2D eigenvalue weighted by Crippen LogP contribution is -2.43. The summed E-state index contributed by atoms with van der Waals surface area (Å²) < 4.78 is 5.45. The smallest absolute Gasteiger partial charge is 0.220 e. The molecule has 1 atom stereocenters. The summed E-state index contributed by atoms with van der Waals surface area (Å²) in [6, 6.07) is 8.86. The van der Waals surface area contributed by atoms with Crippen molar-refractivity contribution in [3.05, 3.63) is 35.4 Å². The van der Waals surface area contributed by atoms with E-state index in [0.717, 1.165) is 39.1 Å². The molecule has 0 radical (unpaired) electrons. The highest BCUT2D eigenvalue weighted by molar-refractivity contribution is 5.75. The van der Waals surface area contributed by atoms with E-state index in [1.165, 1.54) is 11.1 Å². The first kappa shape index (κ1) is 17.0. The second kappa shape index (κ2) is 8.91. The second-order valence-corrected chi connectivity index (χ2v) is 5.98. The molecule has 1 aromatic rings. The zero-order valence-electron chi connectivity index (χ0n) is 13.8. The molecule has 0 bridgehead atoms. The van der Waals surface area contributed by atoms with E-state index < -0.39 is 0 Å². The van der Waals surface area contributed by atoms with Crippen LogP contribution >= 0.6 is 0 Å². The Hall–Kier alpha value is -1.39. The number of rotatable bonds is 7. The Balaban J connectivity index is 2.01. The zero-order chi connectivity index (χ0) is 15.8. The van der Waals surface area contributed by atoms with E-state index in [-0.39, 0.29) is 11.9 Å². The minimum absolute atomic E-state index is 0.159. The van der Waals surface area contributed by atoms with Gasteiger partial charge in [-0.1, -0.05) is 43.2 Å². The summed E-state index contributed by atoms with van der Waals surface area (Å²) in [5, 5.41) is 3.11. The summed E-state index contributed by atoms with van der Waals surface area (Å²) in [4.78, 5) is 14.3. The molecule has 122 valence electrons. The number of morpholine rings is 1. The first-order valence-corrected chi connectivity index (χ1v) is 8.35. The molecule has 4 heteroatoms. The van der Waals surface area contributed by atoms with Crippen molar-refractivity contribution in [2.24, 2.45) is 0 Å². The van der Waals surface area contributed by atoms with E-state index in [9.17, 15) is 4.79 Å². The molecule has 1 saturated heterocycles. The van der Waals surface area contributed by atoms with E-state index in [1.807, 2.05) is 0 Å². The largest absolute Gasteiger partial charge is 0.379 e. The lowest BCUT2D eigenvalue weighted by atomic mass is 10.0. The van der Waals surface area contributed by atoms with Crippen molar-refractivity contribution >= 4 is 5.91 Å². The normalized spacial score (nSPS) is 17.2. The third kappa shape index (κ3) is 5.11. The van der Waals surface area contributed by atoms with Crippen LogP contribution in [-0.2, 0) is 9.53 Å². The van der Waals surface area contributed by atoms with Crippen LogP contribution in [0.4, 0.5) is 0 Å². The number of ether oxygens (including phenoxy) is 1. The molecule has 1 amide bonds. The Morgan fingerprint density at radius 2 is 1.95 bits per heavy atom. The highest BCUT2D eigenvalue weighted by atomic mass is 16.5. The Morgan fingerprint density at radius 3 is 2.59 bits per heavy atom. The van der Waals surface area contributed by atoms with Crippen LogP contribution in [0, 0.1) is 6.92 Å².